The van der Waals surface area contributed by atoms with E-state index in [0.29, 0.717) is 23.4 Å². The minimum atomic E-state index is -1.22. The number of aromatic nitrogens is 4. The van der Waals surface area contributed by atoms with Crippen molar-refractivity contribution in [1.82, 2.24) is 19.5 Å². The number of carbonyl (C=O) groups excluding carboxylic acids is 1. The van der Waals surface area contributed by atoms with Gasteiger partial charge in [0.1, 0.15) is 31.2 Å². The van der Waals surface area contributed by atoms with Crippen LogP contribution >= 0.6 is 0 Å². The Hall–Kier alpha value is -3.08. The van der Waals surface area contributed by atoms with Gasteiger partial charge in [-0.1, -0.05) is 62.6 Å². The first kappa shape index (κ1) is 31.4. The number of aliphatic hydroxyl groups excluding tert-OH is 2. The molecule has 3 rings (SSSR count). The Kier molecular flexibility index (Phi) is 13.3. The number of rotatable bonds is 17. The lowest BCUT2D eigenvalue weighted by atomic mass is 10.1. The van der Waals surface area contributed by atoms with E-state index in [4.69, 9.17) is 9.47 Å². The number of carbonyl (C=O) groups is 1. The molecule has 10 heteroatoms. The van der Waals surface area contributed by atoms with Gasteiger partial charge in [0.2, 0.25) is 0 Å². The summed E-state index contributed by atoms with van der Waals surface area (Å²) < 4.78 is 12.8. The number of imidazole rings is 1. The van der Waals surface area contributed by atoms with Crippen molar-refractivity contribution in [2.75, 3.05) is 25.6 Å². The van der Waals surface area contributed by atoms with Crippen LogP contribution in [-0.4, -0.2) is 74.7 Å². The molecule has 3 heterocycles. The molecular formula is C30H45N5O5. The highest BCUT2D eigenvalue weighted by Crippen LogP contribution is 2.32. The van der Waals surface area contributed by atoms with Gasteiger partial charge in [-0.15, -0.1) is 0 Å². The molecule has 0 bridgehead atoms. The molecule has 0 aromatic carbocycles. The van der Waals surface area contributed by atoms with Crippen LogP contribution in [0.1, 0.15) is 77.4 Å². The highest BCUT2D eigenvalue weighted by Gasteiger charge is 2.45. The maximum absolute atomic E-state index is 12.2. The molecule has 1 fully saturated rings. The molecule has 1 aliphatic heterocycles. The van der Waals surface area contributed by atoms with Crippen molar-refractivity contribution >= 4 is 23.0 Å². The Morgan fingerprint density at radius 1 is 0.975 bits per heavy atom. The summed E-state index contributed by atoms with van der Waals surface area (Å²) in [5.41, 5.74) is 1.04. The predicted octanol–water partition coefficient (Wildman–Crippen LogP) is 4.64. The number of anilines is 1. The average molecular weight is 556 g/mol. The fraction of sp³-hybridized carbons (Fsp3) is 0.600. The fourth-order valence-electron chi connectivity index (χ4n) is 4.59. The molecule has 40 heavy (non-hydrogen) atoms. The molecule has 0 spiro atoms. The van der Waals surface area contributed by atoms with Gasteiger partial charge in [-0.3, -0.25) is 9.36 Å². The molecule has 0 saturated carbocycles. The van der Waals surface area contributed by atoms with E-state index >= 15 is 0 Å². The largest absolute Gasteiger partial charge is 0.463 e. The monoisotopic (exact) mass is 555 g/mol. The van der Waals surface area contributed by atoms with Crippen LogP contribution in [0.5, 0.6) is 0 Å². The van der Waals surface area contributed by atoms with Crippen LogP contribution in [0.2, 0.25) is 0 Å². The van der Waals surface area contributed by atoms with Crippen LogP contribution in [0.3, 0.4) is 0 Å². The summed E-state index contributed by atoms with van der Waals surface area (Å²) in [5, 5.41) is 21.1. The van der Waals surface area contributed by atoms with Gasteiger partial charge in [0.15, 0.2) is 23.2 Å². The van der Waals surface area contributed by atoms with Gasteiger partial charge >= 0.3 is 5.97 Å². The number of unbranched alkanes of at least 4 members (excludes halogenated alkanes) is 5. The second kappa shape index (κ2) is 16.9. The standard InChI is InChI=1S/C30H45N5O5/c1-4-5-6-7-8-9-10-11-12-13-14-15-16-17-18-19-24(36)39-20-23-26(37)27(38)30(40-23)35-22-33-25-28(34(2)3)31-21-32-29(25)35/h5-6,8-9,11-12,21-23,26-27,30,37-38H,4,7,10,13-20H2,1-3H3/b6-5-,9-8-,12-11-/t23-,26-,27-,30-/m1/s1. The topological polar surface area (TPSA) is 123 Å². The van der Waals surface area contributed by atoms with E-state index in [1.165, 1.54) is 12.7 Å². The van der Waals surface area contributed by atoms with E-state index < -0.39 is 24.5 Å². The number of ether oxygens (including phenoxy) is 2. The third-order valence-corrected chi connectivity index (χ3v) is 6.81. The molecule has 220 valence electrons. The zero-order valence-electron chi connectivity index (χ0n) is 24.1. The van der Waals surface area contributed by atoms with E-state index in [-0.39, 0.29) is 12.6 Å². The summed E-state index contributed by atoms with van der Waals surface area (Å²) in [4.78, 5) is 26.9. The first-order valence-corrected chi connectivity index (χ1v) is 14.4. The van der Waals surface area contributed by atoms with E-state index in [1.807, 2.05) is 19.0 Å². The van der Waals surface area contributed by atoms with Crippen molar-refractivity contribution in [3.05, 3.63) is 49.1 Å². The van der Waals surface area contributed by atoms with Crippen LogP contribution in [0.25, 0.3) is 11.2 Å². The molecule has 0 aliphatic carbocycles. The van der Waals surface area contributed by atoms with Crippen LogP contribution in [0, 0.1) is 0 Å². The SMILES string of the molecule is CC/C=C\C/C=C\C/C=C\CCCCCCCC(=O)OC[C@H]1O[C@@H](n2cnc3c(N(C)C)ncnc32)[C@H](O)[C@@H]1O. The molecular weight excluding hydrogens is 510 g/mol. The van der Waals surface area contributed by atoms with Crippen LogP contribution in [0.4, 0.5) is 5.82 Å². The van der Waals surface area contributed by atoms with Crippen molar-refractivity contribution < 1.29 is 24.5 Å². The summed E-state index contributed by atoms with van der Waals surface area (Å²) in [6, 6.07) is 0. The maximum Gasteiger partial charge on any atom is 0.305 e. The fourth-order valence-corrected chi connectivity index (χ4v) is 4.59. The third-order valence-electron chi connectivity index (χ3n) is 6.81. The van der Waals surface area contributed by atoms with Crippen molar-refractivity contribution in [2.45, 2.75) is 95.7 Å². The lowest BCUT2D eigenvalue weighted by molar-refractivity contribution is -0.150. The van der Waals surface area contributed by atoms with Crippen molar-refractivity contribution in [3.8, 4) is 0 Å². The van der Waals surface area contributed by atoms with Crippen LogP contribution in [0.15, 0.2) is 49.1 Å². The summed E-state index contributed by atoms with van der Waals surface area (Å²) >= 11 is 0. The molecule has 1 saturated heterocycles. The maximum atomic E-state index is 12.2. The molecule has 10 nitrogen and oxygen atoms in total. The van der Waals surface area contributed by atoms with Gasteiger partial charge in [-0.2, -0.15) is 0 Å². The van der Waals surface area contributed by atoms with Gasteiger partial charge in [0, 0.05) is 20.5 Å². The van der Waals surface area contributed by atoms with E-state index in [1.54, 1.807) is 4.57 Å². The van der Waals surface area contributed by atoms with Gasteiger partial charge in [0.05, 0.1) is 6.33 Å². The molecule has 0 amide bonds. The summed E-state index contributed by atoms with van der Waals surface area (Å²) in [6.07, 6.45) is 21.6. The summed E-state index contributed by atoms with van der Waals surface area (Å²) in [6.45, 7) is 2.01. The summed E-state index contributed by atoms with van der Waals surface area (Å²) in [7, 11) is 3.70. The zero-order chi connectivity index (χ0) is 28.7. The Balaban J connectivity index is 1.29. The Morgan fingerprint density at radius 2 is 1.68 bits per heavy atom. The number of hydrogen-bond acceptors (Lipinski definition) is 9. The number of esters is 1. The second-order valence-corrected chi connectivity index (χ2v) is 10.2. The van der Waals surface area contributed by atoms with Gasteiger partial charge in [-0.25, -0.2) is 15.0 Å². The smallest absolute Gasteiger partial charge is 0.305 e. The van der Waals surface area contributed by atoms with Gasteiger partial charge in [0.25, 0.3) is 0 Å². The molecule has 4 atom stereocenters. The van der Waals surface area contributed by atoms with Crippen LogP contribution in [-0.2, 0) is 14.3 Å². The Bertz CT molecular complexity index is 1130. The lowest BCUT2D eigenvalue weighted by Gasteiger charge is -2.17. The first-order valence-electron chi connectivity index (χ1n) is 14.4. The second-order valence-electron chi connectivity index (χ2n) is 10.2. The Morgan fingerprint density at radius 3 is 2.42 bits per heavy atom. The average Bonchev–Trinajstić information content (AvgIpc) is 3.50. The van der Waals surface area contributed by atoms with E-state index in [0.717, 1.165) is 57.8 Å². The normalized spacial score (nSPS) is 21.4. The quantitative estimate of drug-likeness (QED) is 0.163. The van der Waals surface area contributed by atoms with Gasteiger partial charge in [-0.05, 0) is 38.5 Å². The molecule has 2 aromatic rings. The minimum absolute atomic E-state index is 0.130. The Labute approximate surface area is 237 Å². The highest BCUT2D eigenvalue weighted by molar-refractivity contribution is 5.83. The predicted molar refractivity (Wildman–Crippen MR) is 156 cm³/mol. The first-order chi connectivity index (χ1) is 19.4. The molecule has 0 unspecified atom stereocenters. The molecule has 2 aromatic heterocycles. The van der Waals surface area contributed by atoms with E-state index in [9.17, 15) is 15.0 Å². The van der Waals surface area contributed by atoms with Crippen LogP contribution < -0.4 is 4.90 Å². The minimum Gasteiger partial charge on any atom is -0.463 e. The number of allylic oxidation sites excluding steroid dienone is 6. The third kappa shape index (κ3) is 9.25. The number of fused-ring (bicyclic) bond motifs is 1. The number of aliphatic hydroxyl groups is 2. The highest BCUT2D eigenvalue weighted by atomic mass is 16.6. The zero-order valence-corrected chi connectivity index (χ0v) is 24.1. The van der Waals surface area contributed by atoms with Crippen molar-refractivity contribution in [1.29, 1.82) is 0 Å². The number of hydrogen-bond donors (Lipinski definition) is 2. The molecule has 0 radical (unpaired) electrons. The van der Waals surface area contributed by atoms with E-state index in [2.05, 4.69) is 58.3 Å². The van der Waals surface area contributed by atoms with Gasteiger partial charge < -0.3 is 24.6 Å². The summed E-state index contributed by atoms with van der Waals surface area (Å²) in [5.74, 6) is 0.306. The van der Waals surface area contributed by atoms with Crippen molar-refractivity contribution in [3.63, 3.8) is 0 Å². The molecule has 2 N–H and O–H groups in total. The lowest BCUT2D eigenvalue weighted by Crippen LogP contribution is -2.34. The van der Waals surface area contributed by atoms with Crippen molar-refractivity contribution in [2.24, 2.45) is 0 Å². The molecule has 1 aliphatic rings. The number of nitrogens with zero attached hydrogens (tertiary/aromatic N) is 5.